The number of likely N-dealkylation sites (tertiary alicyclic amines) is 2. The van der Waals surface area contributed by atoms with Crippen LogP contribution in [0.4, 0.5) is 17.6 Å². The van der Waals surface area contributed by atoms with Crippen LogP contribution in [0.25, 0.3) is 0 Å². The van der Waals surface area contributed by atoms with E-state index in [1.807, 2.05) is 13.8 Å². The fraction of sp³-hybridized carbons (Fsp3) is 0.759. The van der Waals surface area contributed by atoms with E-state index in [4.69, 9.17) is 5.73 Å². The number of rotatable bonds is 10. The molecule has 0 radical (unpaired) electrons. The predicted molar refractivity (Wildman–Crippen MR) is 157 cm³/mol. The van der Waals surface area contributed by atoms with Gasteiger partial charge in [0, 0.05) is 26.2 Å². The van der Waals surface area contributed by atoms with Gasteiger partial charge in [-0.1, -0.05) is 27.7 Å². The van der Waals surface area contributed by atoms with Crippen LogP contribution in [-0.2, 0) is 43.2 Å². The van der Waals surface area contributed by atoms with E-state index in [1.54, 1.807) is 13.8 Å². The smallest absolute Gasteiger partial charge is 0.342 e. The quantitative estimate of drug-likeness (QED) is 0.238. The minimum Gasteiger partial charge on any atom is -0.342 e. The van der Waals surface area contributed by atoms with E-state index in [1.165, 1.54) is 9.80 Å². The maximum Gasteiger partial charge on any atom is 0.451 e. The van der Waals surface area contributed by atoms with Crippen LogP contribution in [0.5, 0.6) is 0 Å². The van der Waals surface area contributed by atoms with Crippen molar-refractivity contribution >= 4 is 29.5 Å². The Bertz CT molecular complexity index is 1350. The molecule has 4 N–H and O–H groups in total. The van der Waals surface area contributed by atoms with Gasteiger partial charge in [0.15, 0.2) is 12.1 Å². The largest absolute Gasteiger partial charge is 0.451 e. The molecule has 0 bridgehead atoms. The summed E-state index contributed by atoms with van der Waals surface area (Å²) in [5.74, 6) is -4.67. The molecule has 0 aromatic carbocycles. The van der Waals surface area contributed by atoms with Gasteiger partial charge in [0.1, 0.15) is 18.1 Å². The molecule has 1 aromatic heterocycles. The maximum absolute atomic E-state index is 15.0. The number of halogens is 4. The second-order valence-corrected chi connectivity index (χ2v) is 13.0. The van der Waals surface area contributed by atoms with Gasteiger partial charge in [0.25, 0.3) is 0 Å². The monoisotopic (exact) mass is 673 g/mol. The first-order chi connectivity index (χ1) is 22.0. The van der Waals surface area contributed by atoms with Gasteiger partial charge in [-0.05, 0) is 37.5 Å². The number of nitrogens with one attached hydrogen (secondary N) is 2. The number of carbonyl (C=O) groups excluding carboxylic acids is 5. The summed E-state index contributed by atoms with van der Waals surface area (Å²) < 4.78 is 55.1. The molecule has 4 rings (SSSR count). The summed E-state index contributed by atoms with van der Waals surface area (Å²) >= 11 is 0. The SMILES string of the molecule is CC(C)C(N)C(=O)N1CCCC1C(=O)NC(C(=O)N1CCCC1C(=O)NC(F)CC(=O)N1CCn2c(nnc2C(F)(F)F)C1)C(C)C. The Morgan fingerprint density at radius 3 is 1.98 bits per heavy atom. The fourth-order valence-corrected chi connectivity index (χ4v) is 6.19. The molecule has 3 aliphatic heterocycles. The van der Waals surface area contributed by atoms with Gasteiger partial charge in [-0.3, -0.25) is 24.0 Å². The van der Waals surface area contributed by atoms with Crippen molar-refractivity contribution in [1.82, 2.24) is 40.1 Å². The Labute approximate surface area is 269 Å². The standard InChI is InChI=1S/C29H43F4N9O5/c1-15(2)22(34)26(46)40-9-5-8-18(40)25(45)36-23(16(3)4)27(47)41-10-6-7-17(41)24(44)35-19(30)13-21(43)39-11-12-42-20(14-39)37-38-28(42)29(31,32)33/h15-19,22-23H,5-14,34H2,1-4H3,(H,35,44)(H,36,45). The molecule has 5 atom stereocenters. The molecule has 4 heterocycles. The van der Waals surface area contributed by atoms with Gasteiger partial charge in [-0.2, -0.15) is 13.2 Å². The van der Waals surface area contributed by atoms with Crippen molar-refractivity contribution in [1.29, 1.82) is 0 Å². The highest BCUT2D eigenvalue weighted by Gasteiger charge is 2.43. The summed E-state index contributed by atoms with van der Waals surface area (Å²) in [5.41, 5.74) is 6.05. The molecule has 0 spiro atoms. The lowest BCUT2D eigenvalue weighted by Gasteiger charge is -2.33. The highest BCUT2D eigenvalue weighted by Crippen LogP contribution is 2.30. The number of aromatic nitrogens is 3. The van der Waals surface area contributed by atoms with Crippen LogP contribution in [0.3, 0.4) is 0 Å². The molecule has 2 fully saturated rings. The molecule has 262 valence electrons. The van der Waals surface area contributed by atoms with E-state index < -0.39 is 72.5 Å². The average molecular weight is 674 g/mol. The first-order valence-electron chi connectivity index (χ1n) is 15.9. The number of nitrogens with zero attached hydrogens (tertiary/aromatic N) is 6. The van der Waals surface area contributed by atoms with Gasteiger partial charge in [0.05, 0.1) is 19.0 Å². The van der Waals surface area contributed by atoms with Crippen LogP contribution < -0.4 is 16.4 Å². The topological polar surface area (TPSA) is 176 Å². The van der Waals surface area contributed by atoms with Gasteiger partial charge in [0.2, 0.25) is 35.4 Å². The van der Waals surface area contributed by atoms with Crippen molar-refractivity contribution < 1.29 is 41.5 Å². The third kappa shape index (κ3) is 8.01. The fourth-order valence-electron chi connectivity index (χ4n) is 6.19. The Morgan fingerprint density at radius 1 is 0.851 bits per heavy atom. The van der Waals surface area contributed by atoms with E-state index in [0.29, 0.717) is 25.8 Å². The van der Waals surface area contributed by atoms with Crippen molar-refractivity contribution in [3.05, 3.63) is 11.6 Å². The van der Waals surface area contributed by atoms with Crippen molar-refractivity contribution in [2.45, 2.75) is 110 Å². The van der Waals surface area contributed by atoms with Gasteiger partial charge >= 0.3 is 6.18 Å². The van der Waals surface area contributed by atoms with Crippen molar-refractivity contribution in [2.75, 3.05) is 19.6 Å². The van der Waals surface area contributed by atoms with E-state index in [2.05, 4.69) is 20.8 Å². The van der Waals surface area contributed by atoms with Crippen LogP contribution in [0.1, 0.15) is 71.4 Å². The summed E-state index contributed by atoms with van der Waals surface area (Å²) in [6, 6.07) is -3.62. The van der Waals surface area contributed by atoms with Crippen molar-refractivity contribution in [3.63, 3.8) is 0 Å². The predicted octanol–water partition coefficient (Wildman–Crippen LogP) is 0.547. The summed E-state index contributed by atoms with van der Waals surface area (Å²) in [5, 5.41) is 11.6. The zero-order valence-electron chi connectivity index (χ0n) is 26.9. The number of amides is 5. The molecule has 0 saturated carbocycles. The van der Waals surface area contributed by atoms with E-state index in [9.17, 15) is 41.5 Å². The van der Waals surface area contributed by atoms with E-state index in [0.717, 1.165) is 9.47 Å². The first-order valence-corrected chi connectivity index (χ1v) is 15.9. The minimum absolute atomic E-state index is 0.0883. The summed E-state index contributed by atoms with van der Waals surface area (Å²) in [6.07, 6.45) is -5.89. The zero-order chi connectivity index (χ0) is 34.8. The Morgan fingerprint density at radius 2 is 1.43 bits per heavy atom. The number of hydrogen-bond acceptors (Lipinski definition) is 8. The highest BCUT2D eigenvalue weighted by molar-refractivity contribution is 5.95. The summed E-state index contributed by atoms with van der Waals surface area (Å²) in [4.78, 5) is 69.7. The molecule has 1 aromatic rings. The lowest BCUT2D eigenvalue weighted by Crippen LogP contribution is -2.59. The number of carbonyl (C=O) groups is 5. The molecule has 14 nitrogen and oxygen atoms in total. The lowest BCUT2D eigenvalue weighted by molar-refractivity contribution is -0.148. The molecule has 18 heteroatoms. The number of hydrogen-bond donors (Lipinski definition) is 3. The van der Waals surface area contributed by atoms with Gasteiger partial charge in [-0.25, -0.2) is 4.39 Å². The van der Waals surface area contributed by atoms with Crippen LogP contribution in [0.2, 0.25) is 0 Å². The van der Waals surface area contributed by atoms with Crippen LogP contribution in [0.15, 0.2) is 0 Å². The molecular formula is C29H43F4N9O5. The third-order valence-corrected chi connectivity index (χ3v) is 8.92. The Hall–Kier alpha value is -3.83. The lowest BCUT2D eigenvalue weighted by atomic mass is 10.0. The molecular weight excluding hydrogens is 630 g/mol. The van der Waals surface area contributed by atoms with Gasteiger partial charge < -0.3 is 35.6 Å². The number of alkyl halides is 4. The second kappa shape index (κ2) is 14.5. The highest BCUT2D eigenvalue weighted by atomic mass is 19.4. The van der Waals surface area contributed by atoms with E-state index in [-0.39, 0.29) is 56.2 Å². The molecule has 2 saturated heterocycles. The molecule has 0 aliphatic carbocycles. The van der Waals surface area contributed by atoms with Crippen molar-refractivity contribution in [3.8, 4) is 0 Å². The molecule has 5 amide bonds. The summed E-state index contributed by atoms with van der Waals surface area (Å²) in [7, 11) is 0. The molecule has 3 aliphatic rings. The third-order valence-electron chi connectivity index (χ3n) is 8.92. The maximum atomic E-state index is 15.0. The van der Waals surface area contributed by atoms with Crippen LogP contribution >= 0.6 is 0 Å². The number of nitrogens with two attached hydrogens (primary N) is 1. The summed E-state index contributed by atoms with van der Waals surface area (Å²) in [6.45, 7) is 7.01. The first kappa shape index (κ1) is 36.0. The molecule has 47 heavy (non-hydrogen) atoms. The number of fused-ring (bicyclic) bond motifs is 1. The second-order valence-electron chi connectivity index (χ2n) is 13.0. The Balaban J connectivity index is 1.34. The van der Waals surface area contributed by atoms with Crippen LogP contribution in [0, 0.1) is 11.8 Å². The van der Waals surface area contributed by atoms with Gasteiger partial charge in [-0.15, -0.1) is 10.2 Å². The molecule has 5 unspecified atom stereocenters. The zero-order valence-corrected chi connectivity index (χ0v) is 26.9. The van der Waals surface area contributed by atoms with Crippen molar-refractivity contribution in [2.24, 2.45) is 17.6 Å². The Kier molecular flexibility index (Phi) is 11.1. The van der Waals surface area contributed by atoms with Crippen LogP contribution in [-0.4, -0.2) is 109 Å². The normalized spacial score (nSPS) is 21.9. The average Bonchev–Trinajstić information content (AvgIpc) is 3.77. The minimum atomic E-state index is -4.71. The van der Waals surface area contributed by atoms with E-state index >= 15 is 0 Å².